The topological polar surface area (TPSA) is 37.3 Å². The van der Waals surface area contributed by atoms with Gasteiger partial charge in [-0.25, -0.2) is 4.79 Å². The van der Waals surface area contributed by atoms with Gasteiger partial charge in [0, 0.05) is 6.08 Å². The summed E-state index contributed by atoms with van der Waals surface area (Å²) in [5.41, 5.74) is 0. The highest BCUT2D eigenvalue weighted by atomic mass is 16.4. The van der Waals surface area contributed by atoms with Crippen molar-refractivity contribution >= 4 is 5.97 Å². The SMILES string of the molecule is CCCCC(C)C=CC(=O)O. The van der Waals surface area contributed by atoms with Crippen LogP contribution in [-0.4, -0.2) is 11.1 Å². The molecule has 0 fully saturated rings. The van der Waals surface area contributed by atoms with Crippen molar-refractivity contribution in [2.45, 2.75) is 33.1 Å². The van der Waals surface area contributed by atoms with E-state index in [0.717, 1.165) is 6.42 Å². The van der Waals surface area contributed by atoms with Crippen molar-refractivity contribution < 1.29 is 9.90 Å². The van der Waals surface area contributed by atoms with E-state index in [1.807, 2.05) is 6.92 Å². The van der Waals surface area contributed by atoms with Crippen LogP contribution < -0.4 is 0 Å². The third-order valence-corrected chi connectivity index (χ3v) is 1.58. The van der Waals surface area contributed by atoms with Crippen LogP contribution in [0.15, 0.2) is 12.2 Å². The second-order valence-electron chi connectivity index (χ2n) is 2.82. The number of carboxylic acids is 1. The summed E-state index contributed by atoms with van der Waals surface area (Å²) in [6.07, 6.45) is 6.40. The zero-order chi connectivity index (χ0) is 8.69. The molecule has 0 bridgehead atoms. The lowest BCUT2D eigenvalue weighted by Crippen LogP contribution is -1.92. The lowest BCUT2D eigenvalue weighted by Gasteiger charge is -2.02. The quantitative estimate of drug-likeness (QED) is 0.621. The Balaban J connectivity index is 3.50. The molecule has 0 saturated heterocycles. The van der Waals surface area contributed by atoms with Gasteiger partial charge in [-0.2, -0.15) is 0 Å². The number of allylic oxidation sites excluding steroid dienone is 1. The molecule has 0 amide bonds. The monoisotopic (exact) mass is 156 g/mol. The van der Waals surface area contributed by atoms with E-state index < -0.39 is 5.97 Å². The second-order valence-corrected chi connectivity index (χ2v) is 2.82. The summed E-state index contributed by atoms with van der Waals surface area (Å²) < 4.78 is 0. The van der Waals surface area contributed by atoms with E-state index in [-0.39, 0.29) is 0 Å². The zero-order valence-electron chi connectivity index (χ0n) is 7.21. The predicted molar refractivity (Wildman–Crippen MR) is 45.5 cm³/mol. The van der Waals surface area contributed by atoms with E-state index in [1.165, 1.54) is 18.9 Å². The maximum Gasteiger partial charge on any atom is 0.327 e. The summed E-state index contributed by atoms with van der Waals surface area (Å²) in [5.74, 6) is -0.459. The van der Waals surface area contributed by atoms with Crippen LogP contribution in [0, 0.1) is 5.92 Å². The highest BCUT2D eigenvalue weighted by Crippen LogP contribution is 2.08. The third kappa shape index (κ3) is 7.10. The Morgan fingerprint density at radius 1 is 1.64 bits per heavy atom. The minimum absolute atomic E-state index is 0.394. The molecule has 2 heteroatoms. The average Bonchev–Trinajstić information content (AvgIpc) is 1.97. The van der Waals surface area contributed by atoms with Gasteiger partial charge in [0.25, 0.3) is 0 Å². The lowest BCUT2D eigenvalue weighted by atomic mass is 10.0. The van der Waals surface area contributed by atoms with Gasteiger partial charge in [0.1, 0.15) is 0 Å². The highest BCUT2D eigenvalue weighted by Gasteiger charge is 1.96. The van der Waals surface area contributed by atoms with Crippen molar-refractivity contribution in [3.05, 3.63) is 12.2 Å². The molecule has 0 aromatic heterocycles. The summed E-state index contributed by atoms with van der Waals surface area (Å²) in [5, 5.41) is 8.30. The Morgan fingerprint density at radius 3 is 2.73 bits per heavy atom. The maximum atomic E-state index is 10.1. The molecule has 0 radical (unpaired) electrons. The van der Waals surface area contributed by atoms with Crippen molar-refractivity contribution in [3.63, 3.8) is 0 Å². The standard InChI is InChI=1S/C9H16O2/c1-3-4-5-8(2)6-7-9(10)11/h6-8H,3-5H2,1-2H3,(H,10,11). The lowest BCUT2D eigenvalue weighted by molar-refractivity contribution is -0.131. The van der Waals surface area contributed by atoms with Crippen molar-refractivity contribution in [2.75, 3.05) is 0 Å². The molecule has 1 unspecified atom stereocenters. The van der Waals surface area contributed by atoms with Crippen molar-refractivity contribution in [1.82, 2.24) is 0 Å². The zero-order valence-corrected chi connectivity index (χ0v) is 7.21. The molecule has 2 nitrogen and oxygen atoms in total. The molecule has 64 valence electrons. The van der Waals surface area contributed by atoms with E-state index >= 15 is 0 Å². The molecule has 0 saturated carbocycles. The Labute approximate surface area is 67.9 Å². The van der Waals surface area contributed by atoms with Gasteiger partial charge in [0.2, 0.25) is 0 Å². The van der Waals surface area contributed by atoms with Gasteiger partial charge in [0.15, 0.2) is 0 Å². The number of carbonyl (C=O) groups is 1. The fourth-order valence-electron chi connectivity index (χ4n) is 0.869. The second kappa shape index (κ2) is 5.96. The van der Waals surface area contributed by atoms with Crippen molar-refractivity contribution in [3.8, 4) is 0 Å². The molecule has 0 aromatic carbocycles. The molecule has 11 heavy (non-hydrogen) atoms. The number of unbranched alkanes of at least 4 members (excludes halogenated alkanes) is 1. The molecule has 0 aromatic rings. The first-order valence-electron chi connectivity index (χ1n) is 4.08. The Morgan fingerprint density at radius 2 is 2.27 bits per heavy atom. The molecule has 0 aliphatic carbocycles. The Hall–Kier alpha value is -0.790. The summed E-state index contributed by atoms with van der Waals surface area (Å²) in [6, 6.07) is 0. The summed E-state index contributed by atoms with van der Waals surface area (Å²) in [4.78, 5) is 10.1. The van der Waals surface area contributed by atoms with Gasteiger partial charge < -0.3 is 5.11 Å². The van der Waals surface area contributed by atoms with Gasteiger partial charge in [-0.15, -0.1) is 0 Å². The average molecular weight is 156 g/mol. The number of aliphatic carboxylic acids is 1. The third-order valence-electron chi connectivity index (χ3n) is 1.58. The smallest absolute Gasteiger partial charge is 0.327 e. The minimum Gasteiger partial charge on any atom is -0.478 e. The van der Waals surface area contributed by atoms with E-state index in [1.54, 1.807) is 6.08 Å². The van der Waals surface area contributed by atoms with Crippen LogP contribution in [0.2, 0.25) is 0 Å². The largest absolute Gasteiger partial charge is 0.478 e. The molecular weight excluding hydrogens is 140 g/mol. The summed E-state index contributed by atoms with van der Waals surface area (Å²) in [6.45, 7) is 4.17. The first kappa shape index (κ1) is 10.2. The van der Waals surface area contributed by atoms with E-state index in [0.29, 0.717) is 5.92 Å². The van der Waals surface area contributed by atoms with Gasteiger partial charge in [-0.1, -0.05) is 32.8 Å². The minimum atomic E-state index is -0.853. The summed E-state index contributed by atoms with van der Waals surface area (Å²) in [7, 11) is 0. The number of hydrogen-bond acceptors (Lipinski definition) is 1. The molecule has 0 aliphatic rings. The molecule has 0 aliphatic heterocycles. The Kier molecular flexibility index (Phi) is 5.53. The van der Waals surface area contributed by atoms with Crippen LogP contribution in [0.4, 0.5) is 0 Å². The van der Waals surface area contributed by atoms with Crippen LogP contribution in [-0.2, 0) is 4.79 Å². The summed E-state index contributed by atoms with van der Waals surface area (Å²) >= 11 is 0. The van der Waals surface area contributed by atoms with Crippen LogP contribution in [0.25, 0.3) is 0 Å². The van der Waals surface area contributed by atoms with Crippen LogP contribution >= 0.6 is 0 Å². The highest BCUT2D eigenvalue weighted by molar-refractivity contribution is 5.79. The fourth-order valence-corrected chi connectivity index (χ4v) is 0.869. The Bertz CT molecular complexity index is 138. The number of carboxylic acid groups (broad SMARTS) is 1. The fraction of sp³-hybridized carbons (Fsp3) is 0.667. The maximum absolute atomic E-state index is 10.1. The molecule has 0 spiro atoms. The first-order chi connectivity index (χ1) is 5.16. The van der Waals surface area contributed by atoms with E-state index in [2.05, 4.69) is 6.92 Å². The number of hydrogen-bond donors (Lipinski definition) is 1. The molecule has 0 heterocycles. The van der Waals surface area contributed by atoms with Gasteiger partial charge in [-0.05, 0) is 12.3 Å². The van der Waals surface area contributed by atoms with Crippen molar-refractivity contribution in [2.24, 2.45) is 5.92 Å². The van der Waals surface area contributed by atoms with Gasteiger partial charge >= 0.3 is 5.97 Å². The molecular formula is C9H16O2. The number of rotatable bonds is 5. The van der Waals surface area contributed by atoms with Crippen LogP contribution in [0.1, 0.15) is 33.1 Å². The van der Waals surface area contributed by atoms with Crippen LogP contribution in [0.5, 0.6) is 0 Å². The van der Waals surface area contributed by atoms with Gasteiger partial charge in [0.05, 0.1) is 0 Å². The van der Waals surface area contributed by atoms with E-state index in [9.17, 15) is 4.79 Å². The first-order valence-corrected chi connectivity index (χ1v) is 4.08. The normalized spacial score (nSPS) is 13.6. The molecule has 1 N–H and O–H groups in total. The van der Waals surface area contributed by atoms with E-state index in [4.69, 9.17) is 5.11 Å². The van der Waals surface area contributed by atoms with Crippen molar-refractivity contribution in [1.29, 1.82) is 0 Å². The molecule has 0 rings (SSSR count). The van der Waals surface area contributed by atoms with Gasteiger partial charge in [-0.3, -0.25) is 0 Å². The predicted octanol–water partition coefficient (Wildman–Crippen LogP) is 2.45. The molecule has 1 atom stereocenters. The van der Waals surface area contributed by atoms with Crippen LogP contribution in [0.3, 0.4) is 0 Å².